The molecule has 2 heterocycles. The van der Waals surface area contributed by atoms with Crippen LogP contribution in [0.4, 0.5) is 4.39 Å². The SMILES string of the molecule is CC[C@H](O)c1csc(C(=O)c2cn(COC(=O)CCCOP(=O)([O-])[O-])c3cc(F)ccc23)n1.[Na+].[Na+]. The number of rotatable bonds is 11. The Morgan fingerprint density at radius 2 is 2.03 bits per heavy atom. The zero-order valence-corrected chi connectivity index (χ0v) is 25.1. The Labute approximate surface area is 248 Å². The molecule has 0 aliphatic carbocycles. The van der Waals surface area contributed by atoms with Gasteiger partial charge in [0.05, 0.1) is 37.3 Å². The van der Waals surface area contributed by atoms with Gasteiger partial charge in [-0.25, -0.2) is 9.37 Å². The van der Waals surface area contributed by atoms with Crippen LogP contribution >= 0.6 is 19.2 Å². The molecular formula is C20H20FN2Na2O8PS. The first-order valence-electron chi connectivity index (χ1n) is 9.88. The maximum atomic E-state index is 13.8. The first-order chi connectivity index (χ1) is 15.6. The fourth-order valence-electron chi connectivity index (χ4n) is 3.03. The molecule has 0 saturated heterocycles. The van der Waals surface area contributed by atoms with E-state index >= 15 is 0 Å². The van der Waals surface area contributed by atoms with Gasteiger partial charge in [0.15, 0.2) is 11.7 Å². The molecule has 3 aromatic rings. The van der Waals surface area contributed by atoms with Crippen LogP contribution in [0.15, 0.2) is 29.8 Å². The van der Waals surface area contributed by atoms with Crippen LogP contribution < -0.4 is 68.9 Å². The van der Waals surface area contributed by atoms with E-state index in [1.54, 1.807) is 12.3 Å². The largest absolute Gasteiger partial charge is 1.00 e. The van der Waals surface area contributed by atoms with E-state index in [-0.39, 0.29) is 89.3 Å². The predicted octanol–water partition coefficient (Wildman–Crippen LogP) is -3.95. The molecule has 0 fully saturated rings. The van der Waals surface area contributed by atoms with E-state index in [1.165, 1.54) is 29.0 Å². The van der Waals surface area contributed by atoms with Gasteiger partial charge in [-0.15, -0.1) is 11.3 Å². The summed E-state index contributed by atoms with van der Waals surface area (Å²) in [6, 6.07) is 3.84. The Morgan fingerprint density at radius 3 is 2.69 bits per heavy atom. The molecule has 1 aromatic carbocycles. The molecule has 0 aliphatic heterocycles. The van der Waals surface area contributed by atoms with Gasteiger partial charge in [-0.05, 0) is 31.0 Å². The summed E-state index contributed by atoms with van der Waals surface area (Å²) in [5.74, 6) is -1.67. The van der Waals surface area contributed by atoms with E-state index in [4.69, 9.17) is 4.74 Å². The van der Waals surface area contributed by atoms with Crippen LogP contribution in [0.1, 0.15) is 53.3 Å². The molecule has 0 saturated carbocycles. The van der Waals surface area contributed by atoms with Crippen molar-refractivity contribution >= 4 is 41.8 Å². The van der Waals surface area contributed by atoms with Crippen molar-refractivity contribution in [1.29, 1.82) is 0 Å². The minimum absolute atomic E-state index is 0. The van der Waals surface area contributed by atoms with Gasteiger partial charge in [0.25, 0.3) is 0 Å². The second-order valence-electron chi connectivity index (χ2n) is 7.03. The number of nitrogens with zero attached hydrogens (tertiary/aromatic N) is 2. The molecule has 0 unspecified atom stereocenters. The van der Waals surface area contributed by atoms with Crippen molar-refractivity contribution in [3.8, 4) is 0 Å². The molecule has 3 rings (SSSR count). The Balaban J connectivity index is 0.00000306. The van der Waals surface area contributed by atoms with Gasteiger partial charge in [-0.3, -0.25) is 9.59 Å². The molecule has 0 radical (unpaired) electrons. The number of phosphoric acid groups is 1. The zero-order chi connectivity index (χ0) is 24.2. The summed E-state index contributed by atoms with van der Waals surface area (Å²) in [5, 5.41) is 12.1. The number of aliphatic hydroxyl groups excluding tert-OH is 1. The van der Waals surface area contributed by atoms with Crippen LogP contribution in [0.3, 0.4) is 0 Å². The van der Waals surface area contributed by atoms with Crippen molar-refractivity contribution in [2.24, 2.45) is 0 Å². The zero-order valence-electron chi connectivity index (χ0n) is 19.4. The van der Waals surface area contributed by atoms with Crippen LogP contribution in [-0.2, 0) is 25.4 Å². The number of esters is 1. The summed E-state index contributed by atoms with van der Waals surface area (Å²) in [6.45, 7) is 1.01. The Bertz CT molecular complexity index is 1220. The van der Waals surface area contributed by atoms with E-state index in [0.717, 1.165) is 11.3 Å². The molecule has 178 valence electrons. The smallest absolute Gasteiger partial charge is 0.790 e. The number of aromatic nitrogens is 2. The third kappa shape index (κ3) is 9.10. The fraction of sp³-hybridized carbons (Fsp3) is 0.350. The summed E-state index contributed by atoms with van der Waals surface area (Å²) < 4.78 is 34.8. The topological polar surface area (TPSA) is 154 Å². The quantitative estimate of drug-likeness (QED) is 0.0838. The predicted molar refractivity (Wildman–Crippen MR) is 112 cm³/mol. The third-order valence-electron chi connectivity index (χ3n) is 4.67. The molecule has 0 spiro atoms. The summed E-state index contributed by atoms with van der Waals surface area (Å²) in [4.78, 5) is 50.0. The number of aliphatic hydroxyl groups is 1. The van der Waals surface area contributed by atoms with E-state index < -0.39 is 38.1 Å². The molecule has 2 aromatic heterocycles. The second-order valence-corrected chi connectivity index (χ2v) is 9.04. The van der Waals surface area contributed by atoms with Crippen molar-refractivity contribution in [3.05, 3.63) is 51.9 Å². The Morgan fingerprint density at radius 1 is 1.31 bits per heavy atom. The molecular weight excluding hydrogens is 524 g/mol. The number of ketones is 1. The minimum atomic E-state index is -5.10. The number of fused-ring (bicyclic) bond motifs is 1. The number of hydrogen-bond acceptors (Lipinski definition) is 10. The van der Waals surface area contributed by atoms with Crippen molar-refractivity contribution in [1.82, 2.24) is 9.55 Å². The number of carbonyl (C=O) groups is 2. The van der Waals surface area contributed by atoms with E-state index in [9.17, 15) is 33.4 Å². The van der Waals surface area contributed by atoms with Crippen LogP contribution in [0.2, 0.25) is 0 Å². The normalized spacial score (nSPS) is 12.0. The minimum Gasteiger partial charge on any atom is -0.790 e. The van der Waals surface area contributed by atoms with Crippen molar-refractivity contribution in [3.63, 3.8) is 0 Å². The number of phosphoric ester groups is 1. The average Bonchev–Trinajstić information content (AvgIpc) is 3.39. The molecule has 0 amide bonds. The first kappa shape index (κ1) is 32.6. The number of benzene rings is 1. The summed E-state index contributed by atoms with van der Waals surface area (Å²) in [6.07, 6.45) is 0.832. The second kappa shape index (κ2) is 14.5. The number of hydrogen-bond donors (Lipinski definition) is 1. The number of thiazole rings is 1. The van der Waals surface area contributed by atoms with Crippen molar-refractivity contribution < 1.29 is 102 Å². The van der Waals surface area contributed by atoms with Gasteiger partial charge in [0, 0.05) is 23.4 Å². The van der Waals surface area contributed by atoms with Gasteiger partial charge >= 0.3 is 65.1 Å². The van der Waals surface area contributed by atoms with Crippen LogP contribution in [0.25, 0.3) is 10.9 Å². The Kier molecular flexibility index (Phi) is 13.5. The Hall–Kier alpha value is -0.470. The first-order valence-corrected chi connectivity index (χ1v) is 12.2. The third-order valence-corrected chi connectivity index (χ3v) is 6.03. The summed E-state index contributed by atoms with van der Waals surface area (Å²) >= 11 is 1.08. The van der Waals surface area contributed by atoms with Gasteiger partial charge < -0.3 is 33.3 Å². The van der Waals surface area contributed by atoms with Crippen molar-refractivity contribution in [2.75, 3.05) is 6.61 Å². The van der Waals surface area contributed by atoms with Crippen LogP contribution in [0, 0.1) is 5.82 Å². The van der Waals surface area contributed by atoms with Crippen molar-refractivity contribution in [2.45, 2.75) is 39.0 Å². The average molecular weight is 544 g/mol. The van der Waals surface area contributed by atoms with Gasteiger partial charge in [0.1, 0.15) is 5.82 Å². The monoisotopic (exact) mass is 544 g/mol. The molecule has 0 bridgehead atoms. The molecule has 0 aliphatic rings. The summed E-state index contributed by atoms with van der Waals surface area (Å²) in [5.41, 5.74) is 0.936. The standard InChI is InChI=1S/C20H22FN2O8PS.2Na/c1-2-17(24)15-10-33-20(22-15)19(26)14-9-23(16-8-12(21)5-6-13(14)16)11-30-18(25)4-3-7-31-32(27,28)29;;/h5-6,8-10,17,24H,2-4,7,11H2,1H3,(H2,27,28,29);;/q;2*+1/p-2/t17-;;/m0../s1. The van der Waals surface area contributed by atoms with E-state index in [0.29, 0.717) is 23.0 Å². The van der Waals surface area contributed by atoms with Gasteiger partial charge in [0.2, 0.25) is 5.78 Å². The van der Waals surface area contributed by atoms with Crippen LogP contribution in [0.5, 0.6) is 0 Å². The summed E-state index contributed by atoms with van der Waals surface area (Å²) in [7, 11) is -5.10. The maximum Gasteiger partial charge on any atom is 1.00 e. The van der Waals surface area contributed by atoms with Crippen LogP contribution in [-0.4, -0.2) is 33.0 Å². The number of ether oxygens (including phenoxy) is 1. The molecule has 1 N–H and O–H groups in total. The van der Waals surface area contributed by atoms with Gasteiger partial charge in [-0.2, -0.15) is 0 Å². The molecule has 15 heteroatoms. The fourth-order valence-corrected chi connectivity index (χ4v) is 4.20. The number of halogens is 1. The van der Waals surface area contributed by atoms with E-state index in [2.05, 4.69) is 9.51 Å². The van der Waals surface area contributed by atoms with E-state index in [1.807, 2.05) is 0 Å². The number of carbonyl (C=O) groups excluding carboxylic acids is 2. The molecule has 35 heavy (non-hydrogen) atoms. The maximum absolute atomic E-state index is 13.8. The molecule has 1 atom stereocenters. The molecule has 10 nitrogen and oxygen atoms in total. The van der Waals surface area contributed by atoms with Gasteiger partial charge in [-0.1, -0.05) is 6.92 Å².